The van der Waals surface area contributed by atoms with Crippen molar-refractivity contribution in [1.29, 1.82) is 0 Å². The van der Waals surface area contributed by atoms with Crippen LogP contribution < -0.4 is 5.32 Å². The molecule has 0 bridgehead atoms. The van der Waals surface area contributed by atoms with E-state index in [0.717, 1.165) is 18.5 Å². The third-order valence-corrected chi connectivity index (χ3v) is 2.93. The molecule has 0 saturated heterocycles. The molecule has 1 aromatic rings. The molecule has 2 heteroatoms. The predicted octanol–water partition coefficient (Wildman–Crippen LogP) is 3.39. The minimum Gasteiger partial charge on any atom is -0.319 e. The van der Waals surface area contributed by atoms with Gasteiger partial charge in [-0.25, -0.2) is 4.39 Å². The molecular formula is C14H22FN. The Morgan fingerprint density at radius 3 is 2.69 bits per heavy atom. The number of unbranched alkanes of at least 4 members (excludes halogenated alkanes) is 1. The van der Waals surface area contributed by atoms with E-state index in [1.807, 2.05) is 19.2 Å². The van der Waals surface area contributed by atoms with Crippen molar-refractivity contribution in [2.24, 2.45) is 5.92 Å². The average Bonchev–Trinajstić information content (AvgIpc) is 2.29. The van der Waals surface area contributed by atoms with Crippen LogP contribution in [0.15, 0.2) is 24.3 Å². The fourth-order valence-electron chi connectivity index (χ4n) is 2.03. The summed E-state index contributed by atoms with van der Waals surface area (Å²) in [6, 6.07) is 7.10. The van der Waals surface area contributed by atoms with Gasteiger partial charge in [-0.3, -0.25) is 0 Å². The molecule has 0 saturated carbocycles. The number of hydrogen-bond donors (Lipinski definition) is 1. The number of nitrogens with one attached hydrogen (secondary N) is 1. The second kappa shape index (κ2) is 7.39. The predicted molar refractivity (Wildman–Crippen MR) is 67.0 cm³/mol. The highest BCUT2D eigenvalue weighted by atomic mass is 19.1. The summed E-state index contributed by atoms with van der Waals surface area (Å²) in [4.78, 5) is 0. The van der Waals surface area contributed by atoms with Crippen LogP contribution in [0.4, 0.5) is 4.39 Å². The maximum atomic E-state index is 13.5. The molecule has 1 rings (SSSR count). The molecule has 0 amide bonds. The number of rotatable bonds is 7. The topological polar surface area (TPSA) is 12.0 Å². The summed E-state index contributed by atoms with van der Waals surface area (Å²) >= 11 is 0. The van der Waals surface area contributed by atoms with Crippen molar-refractivity contribution in [1.82, 2.24) is 5.32 Å². The zero-order chi connectivity index (χ0) is 11.8. The normalized spacial score (nSPS) is 12.7. The highest BCUT2D eigenvalue weighted by Gasteiger charge is 2.10. The van der Waals surface area contributed by atoms with Gasteiger partial charge in [0.1, 0.15) is 5.82 Å². The second-order valence-corrected chi connectivity index (χ2v) is 4.36. The van der Waals surface area contributed by atoms with E-state index in [4.69, 9.17) is 0 Å². The van der Waals surface area contributed by atoms with E-state index in [-0.39, 0.29) is 5.82 Å². The van der Waals surface area contributed by atoms with Crippen LogP contribution >= 0.6 is 0 Å². The minimum absolute atomic E-state index is 0.0694. The van der Waals surface area contributed by atoms with Crippen molar-refractivity contribution in [2.45, 2.75) is 32.6 Å². The molecule has 1 aromatic carbocycles. The van der Waals surface area contributed by atoms with E-state index >= 15 is 0 Å². The van der Waals surface area contributed by atoms with Gasteiger partial charge >= 0.3 is 0 Å². The summed E-state index contributed by atoms with van der Waals surface area (Å²) in [6.07, 6.45) is 4.44. The van der Waals surface area contributed by atoms with Crippen LogP contribution in [-0.4, -0.2) is 13.6 Å². The van der Waals surface area contributed by atoms with Crippen molar-refractivity contribution in [3.63, 3.8) is 0 Å². The summed E-state index contributed by atoms with van der Waals surface area (Å²) in [5, 5.41) is 3.19. The Morgan fingerprint density at radius 2 is 2.06 bits per heavy atom. The molecule has 0 aliphatic carbocycles. The average molecular weight is 223 g/mol. The lowest BCUT2D eigenvalue weighted by molar-refractivity contribution is 0.436. The molecular weight excluding hydrogens is 201 g/mol. The Hall–Kier alpha value is -0.890. The van der Waals surface area contributed by atoms with Gasteiger partial charge in [-0.1, -0.05) is 38.0 Å². The summed E-state index contributed by atoms with van der Waals surface area (Å²) in [6.45, 7) is 3.16. The summed E-state index contributed by atoms with van der Waals surface area (Å²) in [5.74, 6) is 0.474. The maximum absolute atomic E-state index is 13.5. The summed E-state index contributed by atoms with van der Waals surface area (Å²) < 4.78 is 13.5. The van der Waals surface area contributed by atoms with E-state index < -0.39 is 0 Å². The number of hydrogen-bond acceptors (Lipinski definition) is 1. The van der Waals surface area contributed by atoms with Crippen LogP contribution in [0.5, 0.6) is 0 Å². The quantitative estimate of drug-likeness (QED) is 0.747. The maximum Gasteiger partial charge on any atom is 0.126 e. The molecule has 0 aliphatic rings. The van der Waals surface area contributed by atoms with Gasteiger partial charge in [0.05, 0.1) is 0 Å². The van der Waals surface area contributed by atoms with Gasteiger partial charge in [-0.15, -0.1) is 0 Å². The molecule has 0 spiro atoms. The zero-order valence-corrected chi connectivity index (χ0v) is 10.3. The van der Waals surface area contributed by atoms with Gasteiger partial charge in [0.25, 0.3) is 0 Å². The lowest BCUT2D eigenvalue weighted by atomic mass is 9.94. The first-order valence-corrected chi connectivity index (χ1v) is 6.16. The third kappa shape index (κ3) is 4.31. The SMILES string of the molecule is CCCCC(CNC)Cc1ccccc1F. The van der Waals surface area contributed by atoms with E-state index in [2.05, 4.69) is 12.2 Å². The van der Waals surface area contributed by atoms with Crippen molar-refractivity contribution >= 4 is 0 Å². The van der Waals surface area contributed by atoms with Gasteiger partial charge in [-0.05, 0) is 44.0 Å². The standard InChI is InChI=1S/C14H22FN/c1-3-4-7-12(11-16-2)10-13-8-5-6-9-14(13)15/h5-6,8-9,12,16H,3-4,7,10-11H2,1-2H3. The highest BCUT2D eigenvalue weighted by Crippen LogP contribution is 2.17. The van der Waals surface area contributed by atoms with E-state index in [1.54, 1.807) is 12.1 Å². The lowest BCUT2D eigenvalue weighted by Gasteiger charge is -2.16. The Kier molecular flexibility index (Phi) is 6.09. The largest absolute Gasteiger partial charge is 0.319 e. The van der Waals surface area contributed by atoms with Crippen molar-refractivity contribution in [3.05, 3.63) is 35.6 Å². The monoisotopic (exact) mass is 223 g/mol. The van der Waals surface area contributed by atoms with Gasteiger partial charge in [0, 0.05) is 0 Å². The fraction of sp³-hybridized carbons (Fsp3) is 0.571. The minimum atomic E-state index is -0.0694. The second-order valence-electron chi connectivity index (χ2n) is 4.36. The number of halogens is 1. The molecule has 0 aliphatic heterocycles. The molecule has 1 unspecified atom stereocenters. The Morgan fingerprint density at radius 1 is 1.31 bits per heavy atom. The lowest BCUT2D eigenvalue weighted by Crippen LogP contribution is -2.21. The van der Waals surface area contributed by atoms with Crippen LogP contribution in [0, 0.1) is 11.7 Å². The zero-order valence-electron chi connectivity index (χ0n) is 10.3. The molecule has 0 fully saturated rings. The summed E-state index contributed by atoms with van der Waals surface area (Å²) in [7, 11) is 1.96. The van der Waals surface area contributed by atoms with Crippen molar-refractivity contribution in [2.75, 3.05) is 13.6 Å². The van der Waals surface area contributed by atoms with Crippen LogP contribution in [0.3, 0.4) is 0 Å². The van der Waals surface area contributed by atoms with E-state index in [9.17, 15) is 4.39 Å². The van der Waals surface area contributed by atoms with Crippen molar-refractivity contribution in [3.8, 4) is 0 Å². The van der Waals surface area contributed by atoms with E-state index in [0.29, 0.717) is 5.92 Å². The molecule has 0 radical (unpaired) electrons. The first kappa shape index (κ1) is 13.2. The Bertz CT molecular complexity index is 299. The molecule has 90 valence electrons. The van der Waals surface area contributed by atoms with Gasteiger partial charge in [0.15, 0.2) is 0 Å². The van der Waals surface area contributed by atoms with Crippen LogP contribution in [0.2, 0.25) is 0 Å². The molecule has 1 nitrogen and oxygen atoms in total. The van der Waals surface area contributed by atoms with Gasteiger partial charge < -0.3 is 5.32 Å². The Balaban J connectivity index is 2.56. The molecule has 16 heavy (non-hydrogen) atoms. The van der Waals surface area contributed by atoms with Crippen molar-refractivity contribution < 1.29 is 4.39 Å². The van der Waals surface area contributed by atoms with Crippen LogP contribution in [0.1, 0.15) is 31.7 Å². The summed E-state index contributed by atoms with van der Waals surface area (Å²) in [5.41, 5.74) is 0.846. The highest BCUT2D eigenvalue weighted by molar-refractivity contribution is 5.17. The fourth-order valence-corrected chi connectivity index (χ4v) is 2.03. The number of benzene rings is 1. The molecule has 1 atom stereocenters. The van der Waals surface area contributed by atoms with E-state index in [1.165, 1.54) is 19.3 Å². The smallest absolute Gasteiger partial charge is 0.126 e. The molecule has 0 heterocycles. The third-order valence-electron chi connectivity index (χ3n) is 2.93. The Labute approximate surface area is 98.1 Å². The van der Waals surface area contributed by atoms with Gasteiger partial charge in [0.2, 0.25) is 0 Å². The first-order chi connectivity index (χ1) is 7.77. The first-order valence-electron chi connectivity index (χ1n) is 6.16. The molecule has 1 N–H and O–H groups in total. The van der Waals surface area contributed by atoms with Crippen LogP contribution in [0.25, 0.3) is 0 Å². The van der Waals surface area contributed by atoms with Crippen LogP contribution in [-0.2, 0) is 6.42 Å². The molecule has 0 aromatic heterocycles. The van der Waals surface area contributed by atoms with Gasteiger partial charge in [-0.2, -0.15) is 0 Å².